The second-order valence-corrected chi connectivity index (χ2v) is 4.19. The van der Waals surface area contributed by atoms with Gasteiger partial charge in [-0.3, -0.25) is 4.79 Å². The van der Waals surface area contributed by atoms with Crippen molar-refractivity contribution in [3.05, 3.63) is 65.0 Å². The fraction of sp³-hybridized carbons (Fsp3) is 0. The van der Waals surface area contributed by atoms with Crippen LogP contribution in [0, 0.1) is 4.84 Å². The molecule has 0 radical (unpaired) electrons. The first-order chi connectivity index (χ1) is 8.77. The minimum atomic E-state index is -0.175. The molecular formula is C14H9NO2S. The summed E-state index contributed by atoms with van der Waals surface area (Å²) < 4.78 is 6.82. The largest absolute Gasteiger partial charge is 0.429 e. The van der Waals surface area contributed by atoms with E-state index in [-0.39, 0.29) is 10.7 Å². The Kier molecular flexibility index (Phi) is 2.57. The van der Waals surface area contributed by atoms with Crippen molar-refractivity contribution in [1.82, 2.24) is 4.57 Å². The van der Waals surface area contributed by atoms with Crippen molar-refractivity contribution in [3.8, 4) is 0 Å². The molecule has 1 heterocycles. The average Bonchev–Trinajstić information content (AvgIpc) is 2.75. The van der Waals surface area contributed by atoms with Crippen molar-refractivity contribution in [2.45, 2.75) is 0 Å². The zero-order valence-corrected chi connectivity index (χ0v) is 10.2. The summed E-state index contributed by atoms with van der Waals surface area (Å²) in [4.78, 5) is 12.5. The van der Waals surface area contributed by atoms with Crippen molar-refractivity contribution < 1.29 is 9.21 Å². The molecule has 0 aliphatic heterocycles. The van der Waals surface area contributed by atoms with Crippen LogP contribution < -0.4 is 0 Å². The van der Waals surface area contributed by atoms with Gasteiger partial charge < -0.3 is 4.42 Å². The molecule has 3 rings (SSSR count). The van der Waals surface area contributed by atoms with Gasteiger partial charge in [0.15, 0.2) is 5.58 Å². The van der Waals surface area contributed by atoms with Gasteiger partial charge in [0.2, 0.25) is 0 Å². The van der Waals surface area contributed by atoms with Crippen LogP contribution in [0.25, 0.3) is 11.1 Å². The number of carbonyl (C=O) groups excluding carboxylic acids is 1. The highest BCUT2D eigenvalue weighted by Gasteiger charge is 2.14. The Labute approximate surface area is 108 Å². The first kappa shape index (κ1) is 10.9. The van der Waals surface area contributed by atoms with Gasteiger partial charge >= 0.3 is 0 Å². The Balaban J connectivity index is 2.24. The number of rotatable bonds is 1. The smallest absolute Gasteiger partial charge is 0.276 e. The summed E-state index contributed by atoms with van der Waals surface area (Å²) >= 11 is 5.10. The lowest BCUT2D eigenvalue weighted by Gasteiger charge is -2.01. The van der Waals surface area contributed by atoms with Gasteiger partial charge in [-0.05, 0) is 36.5 Å². The summed E-state index contributed by atoms with van der Waals surface area (Å²) in [7, 11) is 0. The number of oxazole rings is 1. The fourth-order valence-electron chi connectivity index (χ4n) is 1.87. The first-order valence-electron chi connectivity index (χ1n) is 5.48. The topological polar surface area (TPSA) is 35.1 Å². The van der Waals surface area contributed by atoms with Crippen molar-refractivity contribution in [2.24, 2.45) is 0 Å². The molecule has 0 atom stereocenters. The number of para-hydroxylation sites is 2. The highest BCUT2D eigenvalue weighted by Crippen LogP contribution is 2.18. The third kappa shape index (κ3) is 1.67. The lowest BCUT2D eigenvalue weighted by atomic mass is 10.2. The van der Waals surface area contributed by atoms with E-state index in [1.165, 1.54) is 4.57 Å². The Bertz CT molecular complexity index is 771. The molecule has 0 aliphatic rings. The number of hydrogen-bond donors (Lipinski definition) is 0. The van der Waals surface area contributed by atoms with Gasteiger partial charge in [0.1, 0.15) is 0 Å². The van der Waals surface area contributed by atoms with Crippen LogP contribution in [0.15, 0.2) is 59.0 Å². The van der Waals surface area contributed by atoms with E-state index >= 15 is 0 Å². The third-order valence-corrected chi connectivity index (χ3v) is 2.98. The van der Waals surface area contributed by atoms with Crippen molar-refractivity contribution in [1.29, 1.82) is 0 Å². The van der Waals surface area contributed by atoms with Crippen LogP contribution in [0.3, 0.4) is 0 Å². The monoisotopic (exact) mass is 255 g/mol. The Hall–Kier alpha value is -2.20. The van der Waals surface area contributed by atoms with Gasteiger partial charge in [-0.2, -0.15) is 0 Å². The van der Waals surface area contributed by atoms with Crippen LogP contribution in [0.1, 0.15) is 10.4 Å². The second kappa shape index (κ2) is 4.23. The van der Waals surface area contributed by atoms with Crippen LogP contribution in [0.4, 0.5) is 0 Å². The molecule has 0 spiro atoms. The minimum absolute atomic E-state index is 0.171. The summed E-state index contributed by atoms with van der Waals surface area (Å²) in [5.74, 6) is -0.175. The zero-order valence-electron chi connectivity index (χ0n) is 9.37. The number of fused-ring (bicyclic) bond motifs is 1. The molecule has 3 aromatic rings. The van der Waals surface area contributed by atoms with Crippen LogP contribution >= 0.6 is 12.2 Å². The zero-order chi connectivity index (χ0) is 12.5. The lowest BCUT2D eigenvalue weighted by Crippen LogP contribution is -2.11. The molecule has 0 saturated carbocycles. The molecule has 1 aromatic heterocycles. The maximum Gasteiger partial charge on any atom is 0.276 e. The van der Waals surface area contributed by atoms with Gasteiger partial charge in [-0.25, -0.2) is 4.57 Å². The van der Waals surface area contributed by atoms with Gasteiger partial charge in [-0.1, -0.05) is 30.3 Å². The van der Waals surface area contributed by atoms with Crippen LogP contribution in [0.5, 0.6) is 0 Å². The molecular weight excluding hydrogens is 246 g/mol. The average molecular weight is 255 g/mol. The Morgan fingerprint density at radius 3 is 2.44 bits per heavy atom. The normalized spacial score (nSPS) is 10.7. The molecule has 0 saturated heterocycles. The van der Waals surface area contributed by atoms with E-state index in [1.54, 1.807) is 18.2 Å². The van der Waals surface area contributed by atoms with Gasteiger partial charge in [0.25, 0.3) is 10.7 Å². The summed E-state index contributed by atoms with van der Waals surface area (Å²) in [5, 5.41) is 0. The van der Waals surface area contributed by atoms with E-state index in [2.05, 4.69) is 0 Å². The molecule has 3 nitrogen and oxygen atoms in total. The maximum absolute atomic E-state index is 12.4. The van der Waals surface area contributed by atoms with E-state index in [9.17, 15) is 4.79 Å². The summed E-state index contributed by atoms with van der Waals surface area (Å²) in [5.41, 5.74) is 1.89. The standard InChI is InChI=1S/C14H9NO2S/c16-13(10-6-2-1-3-7-10)15-11-8-4-5-9-12(11)17-14(15)18/h1-9H. The molecule has 0 unspecified atom stereocenters. The van der Waals surface area contributed by atoms with Gasteiger partial charge in [0, 0.05) is 5.56 Å². The molecule has 88 valence electrons. The first-order valence-corrected chi connectivity index (χ1v) is 5.88. The Morgan fingerprint density at radius 2 is 1.67 bits per heavy atom. The SMILES string of the molecule is O=C(c1ccccc1)n1c(=S)oc2ccccc21. The molecule has 0 fully saturated rings. The maximum atomic E-state index is 12.4. The molecule has 4 heteroatoms. The fourth-order valence-corrected chi connectivity index (χ4v) is 2.14. The minimum Gasteiger partial charge on any atom is -0.429 e. The van der Waals surface area contributed by atoms with Gasteiger partial charge in [-0.15, -0.1) is 0 Å². The number of hydrogen-bond acceptors (Lipinski definition) is 3. The van der Waals surface area contributed by atoms with Crippen molar-refractivity contribution in [3.63, 3.8) is 0 Å². The molecule has 18 heavy (non-hydrogen) atoms. The van der Waals surface area contributed by atoms with Crippen LogP contribution in [-0.4, -0.2) is 10.5 Å². The van der Waals surface area contributed by atoms with E-state index in [0.29, 0.717) is 16.7 Å². The van der Waals surface area contributed by atoms with Gasteiger partial charge in [0.05, 0.1) is 5.52 Å². The highest BCUT2D eigenvalue weighted by atomic mass is 32.1. The summed E-state index contributed by atoms with van der Waals surface area (Å²) in [6, 6.07) is 16.3. The number of aromatic nitrogens is 1. The van der Waals surface area contributed by atoms with E-state index in [1.807, 2.05) is 36.4 Å². The molecule has 0 N–H and O–H groups in total. The molecule has 0 bridgehead atoms. The molecule has 2 aromatic carbocycles. The van der Waals surface area contributed by atoms with Crippen molar-refractivity contribution in [2.75, 3.05) is 0 Å². The predicted molar refractivity (Wildman–Crippen MR) is 71.2 cm³/mol. The number of carbonyl (C=O) groups is 1. The molecule has 0 amide bonds. The van der Waals surface area contributed by atoms with Crippen LogP contribution in [0.2, 0.25) is 0 Å². The number of nitrogens with zero attached hydrogens (tertiary/aromatic N) is 1. The number of benzene rings is 2. The van der Waals surface area contributed by atoms with Crippen LogP contribution in [-0.2, 0) is 0 Å². The summed E-state index contributed by atoms with van der Waals surface area (Å²) in [6.45, 7) is 0. The molecule has 0 aliphatic carbocycles. The summed E-state index contributed by atoms with van der Waals surface area (Å²) in [6.07, 6.45) is 0. The van der Waals surface area contributed by atoms with E-state index in [4.69, 9.17) is 16.6 Å². The predicted octanol–water partition coefficient (Wildman–Crippen LogP) is 3.65. The lowest BCUT2D eigenvalue weighted by molar-refractivity contribution is 0.0959. The third-order valence-electron chi connectivity index (χ3n) is 2.71. The van der Waals surface area contributed by atoms with E-state index in [0.717, 1.165) is 0 Å². The van der Waals surface area contributed by atoms with E-state index < -0.39 is 0 Å². The Morgan fingerprint density at radius 1 is 1.00 bits per heavy atom. The van der Waals surface area contributed by atoms with Crippen molar-refractivity contribution >= 4 is 29.2 Å². The second-order valence-electron chi connectivity index (χ2n) is 3.84. The quantitative estimate of drug-likeness (QED) is 0.622. The highest BCUT2D eigenvalue weighted by molar-refractivity contribution is 7.71.